The Morgan fingerprint density at radius 1 is 1.35 bits per heavy atom. The Morgan fingerprint density at radius 3 is 2.81 bits per heavy atom. The molecule has 1 aromatic rings. The van der Waals surface area contributed by atoms with Gasteiger partial charge in [-0.05, 0) is 25.8 Å². The number of carbonyl (C=O) groups is 2. The number of nitro groups is 1. The summed E-state index contributed by atoms with van der Waals surface area (Å²) in [5.74, 6) is -0.134. The minimum atomic E-state index is -0.468. The van der Waals surface area contributed by atoms with Crippen molar-refractivity contribution in [1.82, 2.24) is 15.1 Å². The third kappa shape index (κ3) is 3.96. The summed E-state index contributed by atoms with van der Waals surface area (Å²) in [7, 11) is 0. The minimum absolute atomic E-state index is 0. The molecule has 2 heterocycles. The van der Waals surface area contributed by atoms with Crippen LogP contribution in [-0.4, -0.2) is 65.3 Å². The van der Waals surface area contributed by atoms with Crippen LogP contribution >= 0.6 is 12.4 Å². The van der Waals surface area contributed by atoms with Crippen LogP contribution in [0, 0.1) is 17.0 Å². The zero-order valence-corrected chi connectivity index (χ0v) is 15.5. The van der Waals surface area contributed by atoms with Crippen LogP contribution in [0.15, 0.2) is 18.2 Å². The number of benzene rings is 1. The third-order valence-corrected chi connectivity index (χ3v) is 4.98. The molecule has 1 atom stereocenters. The number of halogens is 1. The maximum Gasteiger partial charge on any atom is 0.273 e. The first-order valence-electron chi connectivity index (χ1n) is 8.52. The highest BCUT2D eigenvalue weighted by Crippen LogP contribution is 2.24. The van der Waals surface area contributed by atoms with Crippen LogP contribution in [0.4, 0.5) is 5.69 Å². The largest absolute Gasteiger partial charge is 0.337 e. The van der Waals surface area contributed by atoms with Crippen LogP contribution in [0.2, 0.25) is 0 Å². The molecule has 0 aliphatic carbocycles. The summed E-state index contributed by atoms with van der Waals surface area (Å²) in [6, 6.07) is 4.60. The maximum atomic E-state index is 12.9. The lowest BCUT2D eigenvalue weighted by molar-refractivity contribution is -0.385. The lowest BCUT2D eigenvalue weighted by atomic mass is 10.00. The van der Waals surface area contributed by atoms with E-state index in [4.69, 9.17) is 0 Å². The number of nitrogens with one attached hydrogen (secondary N) is 1. The molecule has 0 aromatic heterocycles. The van der Waals surface area contributed by atoms with Gasteiger partial charge in [0.15, 0.2) is 0 Å². The number of hydrogen-bond donors (Lipinski definition) is 1. The summed E-state index contributed by atoms with van der Waals surface area (Å²) >= 11 is 0. The summed E-state index contributed by atoms with van der Waals surface area (Å²) < 4.78 is 0. The van der Waals surface area contributed by atoms with Gasteiger partial charge in [-0.1, -0.05) is 6.07 Å². The number of piperazine rings is 1. The second kappa shape index (κ2) is 8.46. The molecule has 1 unspecified atom stereocenters. The lowest BCUT2D eigenvalue weighted by Gasteiger charge is -2.41. The van der Waals surface area contributed by atoms with E-state index < -0.39 is 4.92 Å². The zero-order valence-electron chi connectivity index (χ0n) is 14.6. The first-order chi connectivity index (χ1) is 12.0. The van der Waals surface area contributed by atoms with Gasteiger partial charge in [-0.3, -0.25) is 19.7 Å². The third-order valence-electron chi connectivity index (χ3n) is 4.98. The van der Waals surface area contributed by atoms with E-state index in [-0.39, 0.29) is 36.0 Å². The van der Waals surface area contributed by atoms with Gasteiger partial charge in [0.2, 0.25) is 5.91 Å². The molecule has 2 aliphatic rings. The SMILES string of the molecule is Cc1c(C(=O)N2CCCC(N3CCNCC3=O)C2)cccc1[N+](=O)[O-].Cl. The standard InChI is InChI=1S/C17H22N4O4.ClH/c1-12-14(5-2-6-15(12)21(24)25)17(23)19-8-3-4-13(11-19)20-9-7-18-10-16(20)22;/h2,5-6,13,18H,3-4,7-11H2,1H3;1H. The van der Waals surface area contributed by atoms with Crippen molar-refractivity contribution in [1.29, 1.82) is 0 Å². The van der Waals surface area contributed by atoms with Crippen LogP contribution in [0.3, 0.4) is 0 Å². The van der Waals surface area contributed by atoms with Crippen molar-refractivity contribution in [3.05, 3.63) is 39.4 Å². The topological polar surface area (TPSA) is 95.8 Å². The highest BCUT2D eigenvalue weighted by Gasteiger charge is 2.32. The molecule has 0 spiro atoms. The van der Waals surface area contributed by atoms with E-state index in [9.17, 15) is 19.7 Å². The molecule has 0 bridgehead atoms. The Morgan fingerprint density at radius 2 is 2.12 bits per heavy atom. The van der Waals surface area contributed by atoms with Gasteiger partial charge in [0.1, 0.15) is 0 Å². The van der Waals surface area contributed by atoms with E-state index in [0.717, 1.165) is 19.4 Å². The van der Waals surface area contributed by atoms with E-state index in [1.807, 2.05) is 4.90 Å². The Kier molecular flexibility index (Phi) is 6.55. The van der Waals surface area contributed by atoms with Crippen LogP contribution < -0.4 is 5.32 Å². The molecule has 3 rings (SSSR count). The molecule has 9 heteroatoms. The number of likely N-dealkylation sites (tertiary alicyclic amines) is 1. The fourth-order valence-corrected chi connectivity index (χ4v) is 3.62. The van der Waals surface area contributed by atoms with Crippen molar-refractivity contribution < 1.29 is 14.5 Å². The predicted molar refractivity (Wildman–Crippen MR) is 98.6 cm³/mol. The Hall–Kier alpha value is -2.19. The summed E-state index contributed by atoms with van der Waals surface area (Å²) in [5.41, 5.74) is 0.705. The molecule has 2 fully saturated rings. The number of piperidine rings is 1. The minimum Gasteiger partial charge on any atom is -0.337 e. The van der Waals surface area contributed by atoms with Crippen molar-refractivity contribution in [3.8, 4) is 0 Å². The van der Waals surface area contributed by atoms with E-state index in [0.29, 0.717) is 37.3 Å². The predicted octanol–water partition coefficient (Wildman–Crippen LogP) is 1.36. The average Bonchev–Trinajstić information content (AvgIpc) is 2.61. The normalized spacial score (nSPS) is 20.5. The molecule has 26 heavy (non-hydrogen) atoms. The van der Waals surface area contributed by atoms with Crippen molar-refractivity contribution in [3.63, 3.8) is 0 Å². The Bertz CT molecular complexity index is 712. The highest BCUT2D eigenvalue weighted by molar-refractivity contribution is 5.96. The average molecular weight is 383 g/mol. The van der Waals surface area contributed by atoms with E-state index in [1.165, 1.54) is 6.07 Å². The van der Waals surface area contributed by atoms with Gasteiger partial charge in [-0.15, -0.1) is 12.4 Å². The number of rotatable bonds is 3. The van der Waals surface area contributed by atoms with Crippen LogP contribution in [0.5, 0.6) is 0 Å². The lowest BCUT2D eigenvalue weighted by Crippen LogP contribution is -2.57. The van der Waals surface area contributed by atoms with Gasteiger partial charge in [-0.25, -0.2) is 0 Å². The second-order valence-corrected chi connectivity index (χ2v) is 6.52. The van der Waals surface area contributed by atoms with Gasteiger partial charge in [0.25, 0.3) is 11.6 Å². The molecule has 142 valence electrons. The summed E-state index contributed by atoms with van der Waals surface area (Å²) in [5, 5.41) is 14.2. The zero-order chi connectivity index (χ0) is 18.0. The molecular formula is C17H23ClN4O4. The van der Waals surface area contributed by atoms with Crippen LogP contribution in [0.1, 0.15) is 28.8 Å². The molecular weight excluding hydrogens is 360 g/mol. The van der Waals surface area contributed by atoms with Crippen LogP contribution in [0.25, 0.3) is 0 Å². The summed E-state index contributed by atoms with van der Waals surface area (Å²) in [6.45, 7) is 4.45. The number of hydrogen-bond acceptors (Lipinski definition) is 5. The quantitative estimate of drug-likeness (QED) is 0.629. The first kappa shape index (κ1) is 20.1. The fourth-order valence-electron chi connectivity index (χ4n) is 3.62. The Balaban J connectivity index is 0.00000243. The van der Waals surface area contributed by atoms with Gasteiger partial charge in [0, 0.05) is 49.4 Å². The van der Waals surface area contributed by atoms with Crippen LogP contribution in [-0.2, 0) is 4.79 Å². The molecule has 8 nitrogen and oxygen atoms in total. The molecule has 2 saturated heterocycles. The summed E-state index contributed by atoms with van der Waals surface area (Å²) in [6.07, 6.45) is 1.70. The van der Waals surface area contributed by atoms with E-state index in [1.54, 1.807) is 24.0 Å². The number of nitrogens with zero attached hydrogens (tertiary/aromatic N) is 3. The van der Waals surface area contributed by atoms with Gasteiger partial charge < -0.3 is 15.1 Å². The van der Waals surface area contributed by atoms with Crippen molar-refractivity contribution in [2.24, 2.45) is 0 Å². The Labute approximate surface area is 158 Å². The van der Waals surface area contributed by atoms with Crippen molar-refractivity contribution in [2.75, 3.05) is 32.7 Å². The van der Waals surface area contributed by atoms with Crippen molar-refractivity contribution >= 4 is 29.9 Å². The highest BCUT2D eigenvalue weighted by atomic mass is 35.5. The summed E-state index contributed by atoms with van der Waals surface area (Å²) in [4.78, 5) is 39.2. The molecule has 1 aromatic carbocycles. The number of nitro benzene ring substituents is 1. The van der Waals surface area contributed by atoms with E-state index >= 15 is 0 Å². The molecule has 1 N–H and O–H groups in total. The monoisotopic (exact) mass is 382 g/mol. The van der Waals surface area contributed by atoms with Gasteiger partial charge in [0.05, 0.1) is 11.5 Å². The van der Waals surface area contributed by atoms with Gasteiger partial charge in [-0.2, -0.15) is 0 Å². The fraction of sp³-hybridized carbons (Fsp3) is 0.529. The first-order valence-corrected chi connectivity index (χ1v) is 8.52. The van der Waals surface area contributed by atoms with E-state index in [2.05, 4.69) is 5.32 Å². The number of carbonyl (C=O) groups excluding carboxylic acids is 2. The smallest absolute Gasteiger partial charge is 0.273 e. The van der Waals surface area contributed by atoms with Gasteiger partial charge >= 0.3 is 0 Å². The molecule has 2 aliphatic heterocycles. The number of amides is 2. The molecule has 2 amide bonds. The second-order valence-electron chi connectivity index (χ2n) is 6.52. The maximum absolute atomic E-state index is 12.9. The van der Waals surface area contributed by atoms with Crippen molar-refractivity contribution in [2.45, 2.75) is 25.8 Å². The molecule has 0 radical (unpaired) electrons. The molecule has 0 saturated carbocycles.